The third kappa shape index (κ3) is 4.80. The Morgan fingerprint density at radius 1 is 1.18 bits per heavy atom. The van der Waals surface area contributed by atoms with Crippen LogP contribution in [0.4, 0.5) is 0 Å². The first kappa shape index (κ1) is 16.9. The molecule has 1 aliphatic heterocycles. The zero-order chi connectivity index (χ0) is 16.2. The maximum Gasteiger partial charge on any atom is 0.251 e. The smallest absolute Gasteiger partial charge is 0.251 e. The van der Waals surface area contributed by atoms with Gasteiger partial charge in [-0.15, -0.1) is 0 Å². The number of hydrogen-bond donors (Lipinski definition) is 2. The number of rotatable bonds is 5. The molecule has 0 atom stereocenters. The molecule has 22 heavy (non-hydrogen) atoms. The lowest BCUT2D eigenvalue weighted by molar-refractivity contribution is 0.0915. The highest BCUT2D eigenvalue weighted by Crippen LogP contribution is 2.11. The summed E-state index contributed by atoms with van der Waals surface area (Å²) < 4.78 is 0. The van der Waals surface area contributed by atoms with E-state index in [9.17, 15) is 4.79 Å². The molecular formula is C17H28N4O. The summed E-state index contributed by atoms with van der Waals surface area (Å²) in [5.74, 6) is -0.0680. The maximum absolute atomic E-state index is 12.2. The molecule has 5 nitrogen and oxygen atoms in total. The van der Waals surface area contributed by atoms with E-state index in [1.807, 2.05) is 38.1 Å². The molecule has 1 amide bonds. The Hall–Kier alpha value is -1.43. The predicted molar refractivity (Wildman–Crippen MR) is 89.8 cm³/mol. The zero-order valence-corrected chi connectivity index (χ0v) is 13.9. The van der Waals surface area contributed by atoms with Crippen LogP contribution in [0.2, 0.25) is 0 Å². The summed E-state index contributed by atoms with van der Waals surface area (Å²) in [4.78, 5) is 17.0. The lowest BCUT2D eigenvalue weighted by atomic mass is 10.0. The lowest BCUT2D eigenvalue weighted by Crippen LogP contribution is -2.48. The Morgan fingerprint density at radius 2 is 1.77 bits per heavy atom. The molecule has 122 valence electrons. The summed E-state index contributed by atoms with van der Waals surface area (Å²) in [6, 6.07) is 7.88. The Kier molecular flexibility index (Phi) is 5.56. The van der Waals surface area contributed by atoms with E-state index in [1.165, 1.54) is 5.56 Å². The maximum atomic E-state index is 12.2. The standard InChI is InChI=1S/C17H28N4O/c1-17(2,13-18)19-16(22)15-6-4-14(5-7-15)12-21-10-8-20(3)9-11-21/h4-7H,8-13,18H2,1-3H3,(H,19,22). The van der Waals surface area contributed by atoms with Crippen LogP contribution in [0.3, 0.4) is 0 Å². The first-order chi connectivity index (χ1) is 10.4. The molecule has 0 saturated carbocycles. The second-order valence-corrected chi connectivity index (χ2v) is 6.82. The molecule has 3 N–H and O–H groups in total. The van der Waals surface area contributed by atoms with Crippen LogP contribution in [0.15, 0.2) is 24.3 Å². The van der Waals surface area contributed by atoms with Gasteiger partial charge in [-0.2, -0.15) is 0 Å². The molecule has 1 aliphatic rings. The van der Waals surface area contributed by atoms with Gasteiger partial charge in [0, 0.05) is 50.4 Å². The van der Waals surface area contributed by atoms with E-state index in [4.69, 9.17) is 5.73 Å². The number of nitrogens with one attached hydrogen (secondary N) is 1. The molecule has 1 aromatic rings. The van der Waals surface area contributed by atoms with Gasteiger partial charge in [-0.05, 0) is 38.6 Å². The van der Waals surface area contributed by atoms with Crippen molar-refractivity contribution >= 4 is 5.91 Å². The summed E-state index contributed by atoms with van der Waals surface area (Å²) in [6.45, 7) is 9.65. The van der Waals surface area contributed by atoms with Crippen molar-refractivity contribution in [3.05, 3.63) is 35.4 Å². The summed E-state index contributed by atoms with van der Waals surface area (Å²) in [7, 11) is 2.16. The number of hydrogen-bond acceptors (Lipinski definition) is 4. The molecule has 0 aromatic heterocycles. The fraction of sp³-hybridized carbons (Fsp3) is 0.588. The van der Waals surface area contributed by atoms with Gasteiger partial charge in [0.1, 0.15) is 0 Å². The van der Waals surface area contributed by atoms with E-state index >= 15 is 0 Å². The van der Waals surface area contributed by atoms with E-state index in [0.29, 0.717) is 12.1 Å². The van der Waals surface area contributed by atoms with Crippen molar-refractivity contribution in [2.75, 3.05) is 39.8 Å². The SMILES string of the molecule is CN1CCN(Cc2ccc(C(=O)NC(C)(C)CN)cc2)CC1. The van der Waals surface area contributed by atoms with Gasteiger partial charge >= 0.3 is 0 Å². The monoisotopic (exact) mass is 304 g/mol. The molecule has 0 aliphatic carbocycles. The summed E-state index contributed by atoms with van der Waals surface area (Å²) in [5.41, 5.74) is 7.20. The molecule has 1 fully saturated rings. The highest BCUT2D eigenvalue weighted by molar-refractivity contribution is 5.94. The average Bonchev–Trinajstić information content (AvgIpc) is 2.50. The summed E-state index contributed by atoms with van der Waals surface area (Å²) in [6.07, 6.45) is 0. The molecule has 1 heterocycles. The van der Waals surface area contributed by atoms with E-state index in [1.54, 1.807) is 0 Å². The number of carbonyl (C=O) groups excluding carboxylic acids is 1. The first-order valence-electron chi connectivity index (χ1n) is 7.92. The Labute approximate surface area is 133 Å². The predicted octanol–water partition coefficient (Wildman–Crippen LogP) is 0.901. The van der Waals surface area contributed by atoms with Crippen molar-refractivity contribution < 1.29 is 4.79 Å². The van der Waals surface area contributed by atoms with Gasteiger partial charge in [-0.1, -0.05) is 12.1 Å². The molecule has 1 aromatic carbocycles. The van der Waals surface area contributed by atoms with E-state index in [-0.39, 0.29) is 11.4 Å². The molecule has 0 bridgehead atoms. The molecule has 5 heteroatoms. The lowest BCUT2D eigenvalue weighted by Gasteiger charge is -2.32. The largest absolute Gasteiger partial charge is 0.346 e. The number of nitrogens with two attached hydrogens (primary N) is 1. The first-order valence-corrected chi connectivity index (χ1v) is 7.92. The van der Waals surface area contributed by atoms with Gasteiger partial charge in [0.2, 0.25) is 0 Å². The van der Waals surface area contributed by atoms with E-state index in [0.717, 1.165) is 32.7 Å². The molecule has 0 spiro atoms. The molecule has 0 unspecified atom stereocenters. The molecule has 0 radical (unpaired) electrons. The van der Waals surface area contributed by atoms with Crippen molar-refractivity contribution in [3.63, 3.8) is 0 Å². The minimum absolute atomic E-state index is 0.0680. The highest BCUT2D eigenvalue weighted by Gasteiger charge is 2.19. The van der Waals surface area contributed by atoms with Gasteiger partial charge in [0.05, 0.1) is 0 Å². The Morgan fingerprint density at radius 3 is 2.32 bits per heavy atom. The van der Waals surface area contributed by atoms with Crippen molar-refractivity contribution in [1.82, 2.24) is 15.1 Å². The number of nitrogens with zero attached hydrogens (tertiary/aromatic N) is 2. The quantitative estimate of drug-likeness (QED) is 0.848. The van der Waals surface area contributed by atoms with Crippen LogP contribution < -0.4 is 11.1 Å². The van der Waals surface area contributed by atoms with Crippen LogP contribution in [0.25, 0.3) is 0 Å². The highest BCUT2D eigenvalue weighted by atomic mass is 16.1. The van der Waals surface area contributed by atoms with Gasteiger partial charge in [-0.25, -0.2) is 0 Å². The third-order valence-electron chi connectivity index (χ3n) is 4.18. The number of piperazine rings is 1. The van der Waals surface area contributed by atoms with Crippen molar-refractivity contribution in [3.8, 4) is 0 Å². The van der Waals surface area contributed by atoms with Gasteiger partial charge in [-0.3, -0.25) is 9.69 Å². The topological polar surface area (TPSA) is 61.6 Å². The van der Waals surface area contributed by atoms with Crippen molar-refractivity contribution in [2.24, 2.45) is 5.73 Å². The zero-order valence-electron chi connectivity index (χ0n) is 13.9. The number of likely N-dealkylation sites (N-methyl/N-ethyl adjacent to an activating group) is 1. The Bertz CT molecular complexity index is 490. The summed E-state index contributed by atoms with van der Waals surface area (Å²) in [5, 5.41) is 2.95. The third-order valence-corrected chi connectivity index (χ3v) is 4.18. The number of benzene rings is 1. The van der Waals surface area contributed by atoms with Gasteiger partial charge < -0.3 is 16.0 Å². The van der Waals surface area contributed by atoms with E-state index < -0.39 is 0 Å². The van der Waals surface area contributed by atoms with E-state index in [2.05, 4.69) is 22.2 Å². The minimum Gasteiger partial charge on any atom is -0.346 e. The van der Waals surface area contributed by atoms with Crippen LogP contribution in [0.5, 0.6) is 0 Å². The second kappa shape index (κ2) is 7.22. The average molecular weight is 304 g/mol. The number of carbonyl (C=O) groups is 1. The van der Waals surface area contributed by atoms with Crippen LogP contribution in [0.1, 0.15) is 29.8 Å². The van der Waals surface area contributed by atoms with Crippen LogP contribution in [0, 0.1) is 0 Å². The second-order valence-electron chi connectivity index (χ2n) is 6.82. The minimum atomic E-state index is -0.379. The number of amides is 1. The Balaban J connectivity index is 1.91. The molecular weight excluding hydrogens is 276 g/mol. The molecule has 1 saturated heterocycles. The fourth-order valence-corrected chi connectivity index (χ4v) is 2.46. The van der Waals surface area contributed by atoms with Crippen LogP contribution >= 0.6 is 0 Å². The van der Waals surface area contributed by atoms with Gasteiger partial charge in [0.25, 0.3) is 5.91 Å². The summed E-state index contributed by atoms with van der Waals surface area (Å²) >= 11 is 0. The van der Waals surface area contributed by atoms with Crippen molar-refractivity contribution in [1.29, 1.82) is 0 Å². The molecule has 2 rings (SSSR count). The van der Waals surface area contributed by atoms with Gasteiger partial charge in [0.15, 0.2) is 0 Å². The van der Waals surface area contributed by atoms with Crippen LogP contribution in [-0.4, -0.2) is 61.0 Å². The van der Waals surface area contributed by atoms with Crippen LogP contribution in [-0.2, 0) is 6.54 Å². The van der Waals surface area contributed by atoms with Crippen molar-refractivity contribution in [2.45, 2.75) is 25.9 Å². The normalized spacial score (nSPS) is 17.5. The fourth-order valence-electron chi connectivity index (χ4n) is 2.46.